The van der Waals surface area contributed by atoms with Crippen molar-refractivity contribution >= 4 is 5.91 Å². The molecular weight excluding hydrogens is 485 g/mol. The quantitative estimate of drug-likeness (QED) is 0.422. The van der Waals surface area contributed by atoms with Crippen LogP contribution < -0.4 is 16.6 Å². The number of hydrogen-bond acceptors (Lipinski definition) is 4. The minimum atomic E-state index is -4.60. The molecule has 0 aliphatic heterocycles. The fourth-order valence-corrected chi connectivity index (χ4v) is 3.84. The van der Waals surface area contributed by atoms with Crippen LogP contribution in [0.25, 0.3) is 5.69 Å². The molecule has 7 nitrogen and oxygen atoms in total. The molecule has 1 unspecified atom stereocenters. The molecule has 3 aromatic carbocycles. The van der Waals surface area contributed by atoms with E-state index in [-0.39, 0.29) is 5.56 Å². The number of benzene rings is 3. The lowest BCUT2D eigenvalue weighted by Crippen LogP contribution is -2.46. The molecule has 1 N–H and O–H groups in total. The van der Waals surface area contributed by atoms with Crippen molar-refractivity contribution in [2.24, 2.45) is 0 Å². The van der Waals surface area contributed by atoms with Crippen molar-refractivity contribution in [3.05, 3.63) is 128 Å². The van der Waals surface area contributed by atoms with Crippen LogP contribution in [-0.4, -0.2) is 20.3 Å². The first-order valence-corrected chi connectivity index (χ1v) is 11.4. The molecule has 4 aromatic rings. The molecule has 1 heterocycles. The molecule has 190 valence electrons. The molecule has 37 heavy (non-hydrogen) atoms. The highest BCUT2D eigenvalue weighted by Gasteiger charge is 2.30. The molecule has 0 spiro atoms. The molecular formula is C27H23F3N4O3. The summed E-state index contributed by atoms with van der Waals surface area (Å²) in [4.78, 5) is 39.8. The van der Waals surface area contributed by atoms with Gasteiger partial charge in [0.25, 0.3) is 11.5 Å². The maximum atomic E-state index is 13.3. The molecule has 4 rings (SSSR count). The van der Waals surface area contributed by atoms with Crippen molar-refractivity contribution < 1.29 is 18.0 Å². The number of carbonyl (C=O) groups excluding carboxylic acids is 1. The minimum Gasteiger partial charge on any atom is -0.344 e. The zero-order valence-corrected chi connectivity index (χ0v) is 20.0. The Labute approximate surface area is 209 Å². The molecule has 0 bridgehead atoms. The minimum absolute atomic E-state index is 0.0695. The monoisotopic (exact) mass is 508 g/mol. The largest absolute Gasteiger partial charge is 0.416 e. The summed E-state index contributed by atoms with van der Waals surface area (Å²) in [6, 6.07) is 19.6. The predicted octanol–water partition coefficient (Wildman–Crippen LogP) is 4.26. The Morgan fingerprint density at radius 3 is 2.35 bits per heavy atom. The molecule has 1 atom stereocenters. The normalized spacial score (nSPS) is 12.2. The van der Waals surface area contributed by atoms with Crippen molar-refractivity contribution in [1.29, 1.82) is 0 Å². The summed E-state index contributed by atoms with van der Waals surface area (Å²) < 4.78 is 41.3. The van der Waals surface area contributed by atoms with Crippen LogP contribution >= 0.6 is 0 Å². The number of nitrogens with one attached hydrogen (secondary N) is 1. The van der Waals surface area contributed by atoms with Crippen LogP contribution in [-0.2, 0) is 12.7 Å². The van der Waals surface area contributed by atoms with Gasteiger partial charge in [0, 0.05) is 0 Å². The number of rotatable bonds is 6. The summed E-state index contributed by atoms with van der Waals surface area (Å²) in [7, 11) is 0. The predicted molar refractivity (Wildman–Crippen MR) is 132 cm³/mol. The zero-order valence-electron chi connectivity index (χ0n) is 20.0. The van der Waals surface area contributed by atoms with Gasteiger partial charge in [-0.1, -0.05) is 54.6 Å². The van der Waals surface area contributed by atoms with Gasteiger partial charge in [0.05, 0.1) is 23.8 Å². The second-order valence-electron chi connectivity index (χ2n) is 8.58. The van der Waals surface area contributed by atoms with Crippen molar-refractivity contribution in [2.45, 2.75) is 32.6 Å². The summed E-state index contributed by atoms with van der Waals surface area (Å²) in [5.74, 6) is -0.819. The average Bonchev–Trinajstić information content (AvgIpc) is 2.86. The highest BCUT2D eigenvalue weighted by Crippen LogP contribution is 2.29. The van der Waals surface area contributed by atoms with Crippen LogP contribution in [0.1, 0.15) is 45.7 Å². The van der Waals surface area contributed by atoms with E-state index in [4.69, 9.17) is 0 Å². The number of amides is 1. The van der Waals surface area contributed by atoms with Crippen molar-refractivity contribution in [3.8, 4) is 5.69 Å². The van der Waals surface area contributed by atoms with Crippen molar-refractivity contribution in [3.63, 3.8) is 0 Å². The number of halogens is 3. The molecule has 10 heteroatoms. The number of aryl methyl sites for hydroxylation is 1. The van der Waals surface area contributed by atoms with Gasteiger partial charge < -0.3 is 5.32 Å². The molecule has 0 radical (unpaired) electrons. The summed E-state index contributed by atoms with van der Waals surface area (Å²) in [5, 5.41) is 6.77. The van der Waals surface area contributed by atoms with Crippen LogP contribution in [0.2, 0.25) is 0 Å². The fourth-order valence-electron chi connectivity index (χ4n) is 3.84. The molecule has 0 aliphatic rings. The van der Waals surface area contributed by atoms with E-state index in [0.717, 1.165) is 27.9 Å². The lowest BCUT2D eigenvalue weighted by molar-refractivity contribution is -0.137. The Kier molecular flexibility index (Phi) is 7.10. The Morgan fingerprint density at radius 1 is 0.973 bits per heavy atom. The van der Waals surface area contributed by atoms with Crippen molar-refractivity contribution in [1.82, 2.24) is 19.7 Å². The van der Waals surface area contributed by atoms with E-state index in [1.165, 1.54) is 12.1 Å². The highest BCUT2D eigenvalue weighted by atomic mass is 19.4. The summed E-state index contributed by atoms with van der Waals surface area (Å²) in [6.07, 6.45) is -4.60. The molecule has 0 fully saturated rings. The highest BCUT2D eigenvalue weighted by molar-refractivity contribution is 5.92. The van der Waals surface area contributed by atoms with Gasteiger partial charge in [-0.05, 0) is 54.8 Å². The van der Waals surface area contributed by atoms with E-state index in [1.807, 2.05) is 6.07 Å². The fraction of sp³-hybridized carbons (Fsp3) is 0.185. The van der Waals surface area contributed by atoms with Gasteiger partial charge in [0.15, 0.2) is 0 Å². The van der Waals surface area contributed by atoms with Gasteiger partial charge >= 0.3 is 11.9 Å². The van der Waals surface area contributed by atoms with Gasteiger partial charge in [-0.3, -0.25) is 14.2 Å². The lowest BCUT2D eigenvalue weighted by atomic mass is 10.1. The van der Waals surface area contributed by atoms with Crippen LogP contribution in [0.4, 0.5) is 13.2 Å². The topological polar surface area (TPSA) is 86.0 Å². The Hall–Kier alpha value is -4.47. The number of aromatic nitrogens is 3. The van der Waals surface area contributed by atoms with E-state index < -0.39 is 47.2 Å². The van der Waals surface area contributed by atoms with Crippen LogP contribution in [0.15, 0.2) is 88.5 Å². The SMILES string of the molecule is Cc1cccc(-n2nc(C(=O)NC(C)c3ccccc3)c(=O)n(Cc3cccc(C(F)(F)F)c3)c2=O)c1. The number of hydrogen-bond donors (Lipinski definition) is 1. The Morgan fingerprint density at radius 2 is 1.68 bits per heavy atom. The standard InChI is InChI=1S/C27H23F3N4O3/c1-17-8-6-13-22(14-17)34-26(37)33(16-19-9-7-12-21(15-19)27(28,29)30)25(36)23(32-34)24(35)31-18(2)20-10-4-3-5-11-20/h3-15,18H,16H2,1-2H3,(H,31,35). The van der Waals surface area contributed by atoms with E-state index in [9.17, 15) is 27.6 Å². The van der Waals surface area contributed by atoms with Gasteiger partial charge in [0.2, 0.25) is 5.69 Å². The number of nitrogens with zero attached hydrogens (tertiary/aromatic N) is 3. The first-order valence-electron chi connectivity index (χ1n) is 11.4. The van der Waals surface area contributed by atoms with E-state index in [1.54, 1.807) is 62.4 Å². The van der Waals surface area contributed by atoms with Crippen LogP contribution in [0, 0.1) is 6.92 Å². The average molecular weight is 509 g/mol. The van der Waals surface area contributed by atoms with Gasteiger partial charge in [-0.15, -0.1) is 0 Å². The molecule has 0 aliphatic carbocycles. The van der Waals surface area contributed by atoms with E-state index in [2.05, 4.69) is 10.4 Å². The van der Waals surface area contributed by atoms with Crippen LogP contribution in [0.5, 0.6) is 0 Å². The summed E-state index contributed by atoms with van der Waals surface area (Å²) in [6.45, 7) is 3.04. The number of alkyl halides is 3. The second-order valence-corrected chi connectivity index (χ2v) is 8.58. The second kappa shape index (κ2) is 10.3. The van der Waals surface area contributed by atoms with Gasteiger partial charge in [-0.25, -0.2) is 4.79 Å². The van der Waals surface area contributed by atoms with Gasteiger partial charge in [0.1, 0.15) is 0 Å². The first kappa shape index (κ1) is 25.6. The van der Waals surface area contributed by atoms with E-state index in [0.29, 0.717) is 10.3 Å². The lowest BCUT2D eigenvalue weighted by Gasteiger charge is -2.16. The molecule has 1 amide bonds. The Bertz CT molecular complexity index is 1560. The molecule has 0 saturated carbocycles. The third-order valence-electron chi connectivity index (χ3n) is 5.76. The molecule has 0 saturated heterocycles. The smallest absolute Gasteiger partial charge is 0.344 e. The van der Waals surface area contributed by atoms with Crippen molar-refractivity contribution in [2.75, 3.05) is 0 Å². The number of carbonyl (C=O) groups is 1. The zero-order chi connectivity index (χ0) is 26.7. The van der Waals surface area contributed by atoms with Crippen LogP contribution in [0.3, 0.4) is 0 Å². The Balaban J connectivity index is 1.82. The molecule has 1 aromatic heterocycles. The van der Waals surface area contributed by atoms with E-state index >= 15 is 0 Å². The third kappa shape index (κ3) is 5.69. The maximum absolute atomic E-state index is 13.3. The van der Waals surface area contributed by atoms with Gasteiger partial charge in [-0.2, -0.15) is 23.0 Å². The summed E-state index contributed by atoms with van der Waals surface area (Å²) in [5.41, 5.74) is -1.42. The third-order valence-corrected chi connectivity index (χ3v) is 5.76. The summed E-state index contributed by atoms with van der Waals surface area (Å²) >= 11 is 0. The first-order chi connectivity index (χ1) is 17.5. The maximum Gasteiger partial charge on any atom is 0.416 e.